The summed E-state index contributed by atoms with van der Waals surface area (Å²) in [5.41, 5.74) is -0.190. The van der Waals surface area contributed by atoms with Crippen molar-refractivity contribution >= 4 is 17.8 Å². The van der Waals surface area contributed by atoms with Crippen molar-refractivity contribution in [2.24, 2.45) is 5.92 Å². The summed E-state index contributed by atoms with van der Waals surface area (Å²) in [4.78, 5) is 26.3. The molecule has 7 heteroatoms. The van der Waals surface area contributed by atoms with Gasteiger partial charge in [-0.25, -0.2) is 14.2 Å². The average molecular weight is 296 g/mol. The number of halogens is 1. The molecule has 0 bridgehead atoms. The van der Waals surface area contributed by atoms with E-state index >= 15 is 0 Å². The van der Waals surface area contributed by atoms with Crippen LogP contribution in [0.2, 0.25) is 0 Å². The molecule has 0 radical (unpaired) electrons. The van der Waals surface area contributed by atoms with Gasteiger partial charge < -0.3 is 15.2 Å². The van der Waals surface area contributed by atoms with Crippen LogP contribution in [-0.4, -0.2) is 35.2 Å². The quantitative estimate of drug-likeness (QED) is 0.827. The first kappa shape index (κ1) is 15.2. The number of carboxylic acids is 1. The van der Waals surface area contributed by atoms with E-state index in [0.29, 0.717) is 25.7 Å². The number of nitrogens with zero attached hydrogens (tertiary/aromatic N) is 1. The lowest BCUT2D eigenvalue weighted by Crippen LogP contribution is -2.30. The minimum Gasteiger partial charge on any atom is -0.478 e. The predicted octanol–water partition coefficient (Wildman–Crippen LogP) is 2.06. The van der Waals surface area contributed by atoms with Crippen molar-refractivity contribution < 1.29 is 23.8 Å². The third-order valence-electron chi connectivity index (χ3n) is 3.69. The highest BCUT2D eigenvalue weighted by atomic mass is 19.1. The third kappa shape index (κ3) is 3.68. The number of carbonyl (C=O) groups is 2. The molecule has 0 atom stereocenters. The molecule has 2 N–H and O–H groups in total. The Morgan fingerprint density at radius 2 is 2.05 bits per heavy atom. The number of aromatic carboxylic acids is 1. The monoisotopic (exact) mass is 296 g/mol. The number of carboxylic acid groups (broad SMARTS) is 1. The van der Waals surface area contributed by atoms with Gasteiger partial charge in [0.25, 0.3) is 0 Å². The molecular formula is C14H17FN2O4. The number of hydrogen-bond donors (Lipinski definition) is 2. The molecule has 0 unspecified atom stereocenters. The molecular weight excluding hydrogens is 279 g/mol. The van der Waals surface area contributed by atoms with Crippen LogP contribution in [0.25, 0.3) is 0 Å². The van der Waals surface area contributed by atoms with Gasteiger partial charge in [-0.2, -0.15) is 0 Å². The molecule has 0 aliphatic heterocycles. The Balaban J connectivity index is 2.01. The number of aromatic nitrogens is 1. The summed E-state index contributed by atoms with van der Waals surface area (Å²) in [5, 5.41) is 12.1. The van der Waals surface area contributed by atoms with Crippen molar-refractivity contribution in [2.45, 2.75) is 31.7 Å². The fraction of sp³-hybridized carbons (Fsp3) is 0.500. The number of methoxy groups -OCH3 is 1. The van der Waals surface area contributed by atoms with Crippen LogP contribution in [0.4, 0.5) is 10.2 Å². The second-order valence-corrected chi connectivity index (χ2v) is 5.07. The van der Waals surface area contributed by atoms with Gasteiger partial charge in [0, 0.05) is 6.04 Å². The molecule has 1 aromatic rings. The maximum Gasteiger partial charge on any atom is 0.339 e. The lowest BCUT2D eigenvalue weighted by molar-refractivity contribution is -0.146. The highest BCUT2D eigenvalue weighted by molar-refractivity contribution is 5.93. The topological polar surface area (TPSA) is 88.5 Å². The van der Waals surface area contributed by atoms with E-state index in [1.54, 1.807) is 0 Å². The van der Waals surface area contributed by atoms with E-state index < -0.39 is 11.8 Å². The Bertz CT molecular complexity index is 542. The fourth-order valence-corrected chi connectivity index (χ4v) is 2.55. The van der Waals surface area contributed by atoms with Gasteiger partial charge in [0.15, 0.2) is 0 Å². The van der Waals surface area contributed by atoms with Gasteiger partial charge in [0.2, 0.25) is 0 Å². The van der Waals surface area contributed by atoms with Gasteiger partial charge in [-0.3, -0.25) is 4.79 Å². The molecule has 1 aliphatic carbocycles. The van der Waals surface area contributed by atoms with Crippen LogP contribution in [0.1, 0.15) is 36.0 Å². The van der Waals surface area contributed by atoms with E-state index in [-0.39, 0.29) is 29.3 Å². The lowest BCUT2D eigenvalue weighted by atomic mass is 9.86. The molecule has 0 aromatic carbocycles. The zero-order chi connectivity index (χ0) is 15.4. The predicted molar refractivity (Wildman–Crippen MR) is 72.5 cm³/mol. The summed E-state index contributed by atoms with van der Waals surface area (Å²) in [6.45, 7) is 0. The number of anilines is 1. The van der Waals surface area contributed by atoms with Crippen molar-refractivity contribution in [1.82, 2.24) is 4.98 Å². The molecule has 0 amide bonds. The first-order chi connectivity index (χ1) is 10.0. The Morgan fingerprint density at radius 1 is 1.38 bits per heavy atom. The van der Waals surface area contributed by atoms with Crippen LogP contribution in [0.3, 0.4) is 0 Å². The second kappa shape index (κ2) is 6.51. The van der Waals surface area contributed by atoms with Gasteiger partial charge in [-0.1, -0.05) is 0 Å². The van der Waals surface area contributed by atoms with E-state index in [4.69, 9.17) is 9.84 Å². The number of carbonyl (C=O) groups excluding carboxylic acids is 1. The molecule has 1 aromatic heterocycles. The van der Waals surface area contributed by atoms with Gasteiger partial charge in [0.1, 0.15) is 17.2 Å². The lowest BCUT2D eigenvalue weighted by Gasteiger charge is -2.28. The van der Waals surface area contributed by atoms with Crippen molar-refractivity contribution in [1.29, 1.82) is 0 Å². The van der Waals surface area contributed by atoms with Gasteiger partial charge in [0.05, 0.1) is 19.2 Å². The first-order valence-corrected chi connectivity index (χ1v) is 6.74. The van der Waals surface area contributed by atoms with Crippen LogP contribution < -0.4 is 5.32 Å². The van der Waals surface area contributed by atoms with Gasteiger partial charge in [-0.15, -0.1) is 0 Å². The van der Waals surface area contributed by atoms with E-state index in [9.17, 15) is 14.0 Å². The maximum absolute atomic E-state index is 13.1. The van der Waals surface area contributed by atoms with E-state index in [2.05, 4.69) is 10.3 Å². The normalized spacial score (nSPS) is 21.6. The SMILES string of the molecule is COC(=O)C1CCC(Nc2ncc(F)cc2C(=O)O)CC1. The average Bonchev–Trinajstić information content (AvgIpc) is 2.49. The summed E-state index contributed by atoms with van der Waals surface area (Å²) in [6.07, 6.45) is 3.74. The Hall–Kier alpha value is -2.18. The highest BCUT2D eigenvalue weighted by Gasteiger charge is 2.27. The minimum absolute atomic E-state index is 0.0157. The molecule has 6 nitrogen and oxygen atoms in total. The van der Waals surface area contributed by atoms with E-state index in [1.807, 2.05) is 0 Å². The number of ether oxygens (including phenoxy) is 1. The zero-order valence-electron chi connectivity index (χ0n) is 11.6. The molecule has 1 heterocycles. The molecule has 114 valence electrons. The molecule has 1 aliphatic rings. The van der Waals surface area contributed by atoms with Crippen LogP contribution in [0, 0.1) is 11.7 Å². The largest absolute Gasteiger partial charge is 0.478 e. The molecule has 0 spiro atoms. The zero-order valence-corrected chi connectivity index (χ0v) is 11.6. The highest BCUT2D eigenvalue weighted by Crippen LogP contribution is 2.28. The number of hydrogen-bond acceptors (Lipinski definition) is 5. The van der Waals surface area contributed by atoms with Crippen LogP contribution in [0.15, 0.2) is 12.3 Å². The van der Waals surface area contributed by atoms with Crippen molar-refractivity contribution in [3.63, 3.8) is 0 Å². The summed E-state index contributed by atoms with van der Waals surface area (Å²) in [6, 6.07) is 0.958. The molecule has 2 rings (SSSR count). The van der Waals surface area contributed by atoms with Crippen molar-refractivity contribution in [3.8, 4) is 0 Å². The molecule has 21 heavy (non-hydrogen) atoms. The number of pyridine rings is 1. The van der Waals surface area contributed by atoms with Gasteiger partial charge in [-0.05, 0) is 31.7 Å². The van der Waals surface area contributed by atoms with Crippen molar-refractivity contribution in [3.05, 3.63) is 23.6 Å². The fourth-order valence-electron chi connectivity index (χ4n) is 2.55. The van der Waals surface area contributed by atoms with Crippen LogP contribution in [-0.2, 0) is 9.53 Å². The van der Waals surface area contributed by atoms with E-state index in [0.717, 1.165) is 12.3 Å². The van der Waals surface area contributed by atoms with E-state index in [1.165, 1.54) is 7.11 Å². The van der Waals surface area contributed by atoms with Crippen molar-refractivity contribution in [2.75, 3.05) is 12.4 Å². The standard InChI is InChI=1S/C14H17FN2O4/c1-21-14(20)8-2-4-10(5-3-8)17-12-11(13(18)19)6-9(15)7-16-12/h6-8,10H,2-5H2,1H3,(H,16,17)(H,18,19). The molecule has 0 saturated heterocycles. The summed E-state index contributed by atoms with van der Waals surface area (Å²) in [5.74, 6) is -2.07. The third-order valence-corrected chi connectivity index (χ3v) is 3.69. The summed E-state index contributed by atoms with van der Waals surface area (Å²) in [7, 11) is 1.37. The number of esters is 1. The Labute approximate surface area is 121 Å². The van der Waals surface area contributed by atoms with Gasteiger partial charge >= 0.3 is 11.9 Å². The smallest absolute Gasteiger partial charge is 0.339 e. The minimum atomic E-state index is -1.23. The number of rotatable bonds is 4. The summed E-state index contributed by atoms with van der Waals surface area (Å²) < 4.78 is 17.8. The van der Waals surface area contributed by atoms with Crippen LogP contribution >= 0.6 is 0 Å². The number of nitrogens with one attached hydrogen (secondary N) is 1. The Morgan fingerprint density at radius 3 is 2.62 bits per heavy atom. The van der Waals surface area contributed by atoms with Crippen LogP contribution in [0.5, 0.6) is 0 Å². The first-order valence-electron chi connectivity index (χ1n) is 6.74. The molecule has 1 fully saturated rings. The second-order valence-electron chi connectivity index (χ2n) is 5.07. The Kier molecular flexibility index (Phi) is 4.72. The molecule has 1 saturated carbocycles. The maximum atomic E-state index is 13.1. The summed E-state index contributed by atoms with van der Waals surface area (Å²) >= 11 is 0.